The number of benzene rings is 2. The molecule has 6 aromatic rings. The number of pyridine rings is 2. The fourth-order valence-corrected chi connectivity index (χ4v) is 7.07. The van der Waals surface area contributed by atoms with Gasteiger partial charge in [-0.25, -0.2) is 12.4 Å². The third-order valence-electron chi connectivity index (χ3n) is 7.95. The largest absolute Gasteiger partial charge is 0.522 e. The quantitative estimate of drug-likeness (QED) is 0.180. The number of fused-ring (bicyclic) bond motifs is 1. The Balaban J connectivity index is 1.68. The van der Waals surface area contributed by atoms with Crippen LogP contribution < -0.4 is 11.1 Å². The van der Waals surface area contributed by atoms with Crippen molar-refractivity contribution in [3.8, 4) is 33.5 Å². The number of hydrogen-bond acceptors (Lipinski definition) is 6. The molecule has 0 aliphatic rings. The molecule has 260 valence electrons. The average Bonchev–Trinajstić information content (AvgIpc) is 3.70. The number of aryl methyl sites for hydroxylation is 3. The van der Waals surface area contributed by atoms with Crippen LogP contribution in [0, 0.1) is 6.92 Å². The molecule has 50 heavy (non-hydrogen) atoms. The van der Waals surface area contributed by atoms with Crippen LogP contribution in [-0.2, 0) is 41.8 Å². The van der Waals surface area contributed by atoms with Crippen LogP contribution in [0.5, 0.6) is 0 Å². The third kappa shape index (κ3) is 6.36. The van der Waals surface area contributed by atoms with Gasteiger partial charge in [-0.05, 0) is 47.9 Å². The van der Waals surface area contributed by atoms with Gasteiger partial charge in [0, 0.05) is 60.8 Å². The van der Waals surface area contributed by atoms with Gasteiger partial charge in [0.2, 0.25) is 0 Å². The first-order valence-electron chi connectivity index (χ1n) is 14.6. The number of alkyl halides is 6. The molecule has 0 spiro atoms. The highest BCUT2D eigenvalue weighted by Gasteiger charge is 2.34. The van der Waals surface area contributed by atoms with Gasteiger partial charge in [-0.2, -0.15) is 9.78 Å². The lowest BCUT2D eigenvalue weighted by Crippen LogP contribution is -2.23. The first-order valence-corrected chi connectivity index (χ1v) is 16.0. The predicted molar refractivity (Wildman–Crippen MR) is 170 cm³/mol. The van der Waals surface area contributed by atoms with E-state index in [1.54, 1.807) is 13.0 Å². The summed E-state index contributed by atoms with van der Waals surface area (Å²) in [5.74, 6) is 0. The minimum Gasteiger partial charge on any atom is -0.318 e. The number of halogens is 6. The van der Waals surface area contributed by atoms with Crippen LogP contribution >= 0.6 is 0 Å². The summed E-state index contributed by atoms with van der Waals surface area (Å²) in [4.78, 5) is 26.7. The Morgan fingerprint density at radius 2 is 1.48 bits per heavy atom. The average molecular weight is 718 g/mol. The van der Waals surface area contributed by atoms with Crippen LogP contribution in [-0.4, -0.2) is 37.7 Å². The van der Waals surface area contributed by atoms with Gasteiger partial charge >= 0.3 is 12.7 Å². The predicted octanol–water partition coefficient (Wildman–Crippen LogP) is 6.29. The normalized spacial score (nSPS) is 12.6. The maximum absolute atomic E-state index is 14.3. The maximum Gasteiger partial charge on any atom is 0.522 e. The van der Waals surface area contributed by atoms with Gasteiger partial charge in [-0.1, -0.05) is 35.9 Å². The molecule has 4 heterocycles. The van der Waals surface area contributed by atoms with Crippen LogP contribution in [0.25, 0.3) is 44.4 Å². The zero-order valence-corrected chi connectivity index (χ0v) is 27.1. The van der Waals surface area contributed by atoms with Gasteiger partial charge in [-0.3, -0.25) is 14.3 Å². The molecule has 10 nitrogen and oxygen atoms in total. The second kappa shape index (κ2) is 12.2. The highest BCUT2D eigenvalue weighted by atomic mass is 32.2. The lowest BCUT2D eigenvalue weighted by atomic mass is 9.94. The van der Waals surface area contributed by atoms with Crippen molar-refractivity contribution in [3.63, 3.8) is 0 Å². The van der Waals surface area contributed by atoms with E-state index in [9.17, 15) is 44.3 Å². The molecule has 0 saturated carbocycles. The zero-order valence-electron chi connectivity index (χ0n) is 26.2. The first-order chi connectivity index (χ1) is 23.3. The van der Waals surface area contributed by atoms with Crippen molar-refractivity contribution in [2.75, 3.05) is 0 Å². The van der Waals surface area contributed by atoms with E-state index in [4.69, 9.17) is 0 Å². The van der Waals surface area contributed by atoms with Crippen molar-refractivity contribution in [2.24, 2.45) is 14.1 Å². The molecule has 2 aromatic carbocycles. The number of hydrogen-bond donors (Lipinski definition) is 0. The van der Waals surface area contributed by atoms with E-state index >= 15 is 0 Å². The molecular formula is C33H25F6N5O5S. The molecule has 0 atom stereocenters. The summed E-state index contributed by atoms with van der Waals surface area (Å²) >= 11 is 0. The number of rotatable bonds is 7. The van der Waals surface area contributed by atoms with E-state index in [0.717, 1.165) is 16.3 Å². The van der Waals surface area contributed by atoms with Crippen LogP contribution in [0.1, 0.15) is 11.1 Å². The first kappa shape index (κ1) is 34.4. The Kier molecular flexibility index (Phi) is 8.38. The molecule has 4 aromatic heterocycles. The van der Waals surface area contributed by atoms with Gasteiger partial charge in [0.15, 0.2) is 0 Å². The summed E-state index contributed by atoms with van der Waals surface area (Å²) in [6.07, 6.45) is -5.68. The van der Waals surface area contributed by atoms with Crippen LogP contribution in [0.2, 0.25) is 0 Å². The molecule has 0 radical (unpaired) electrons. The molecule has 0 saturated heterocycles. The van der Waals surface area contributed by atoms with E-state index in [2.05, 4.69) is 9.84 Å². The molecule has 0 N–H and O–H groups in total. The summed E-state index contributed by atoms with van der Waals surface area (Å²) in [7, 11) is -1.89. The zero-order chi connectivity index (χ0) is 36.3. The van der Waals surface area contributed by atoms with E-state index in [1.807, 2.05) is 0 Å². The van der Waals surface area contributed by atoms with Crippen LogP contribution in [0.3, 0.4) is 0 Å². The third-order valence-corrected chi connectivity index (χ3v) is 9.68. The molecule has 0 fully saturated rings. The van der Waals surface area contributed by atoms with Crippen molar-refractivity contribution >= 4 is 20.9 Å². The second-order valence-corrected chi connectivity index (χ2v) is 13.2. The Bertz CT molecular complexity index is 2510. The Morgan fingerprint density at radius 1 is 0.800 bits per heavy atom. The second-order valence-electron chi connectivity index (χ2n) is 11.5. The monoisotopic (exact) mass is 717 g/mol. The van der Waals surface area contributed by atoms with Gasteiger partial charge < -0.3 is 9.13 Å². The van der Waals surface area contributed by atoms with Crippen molar-refractivity contribution in [1.82, 2.24) is 22.9 Å². The van der Waals surface area contributed by atoms with Crippen LogP contribution in [0.15, 0.2) is 99.9 Å². The number of ether oxygens (including phenoxy) is 1. The van der Waals surface area contributed by atoms with Gasteiger partial charge in [-0.15, -0.1) is 26.3 Å². The minimum atomic E-state index is -4.94. The van der Waals surface area contributed by atoms with Crippen molar-refractivity contribution in [2.45, 2.75) is 31.1 Å². The summed E-state index contributed by atoms with van der Waals surface area (Å²) in [5, 5.41) is 3.31. The standard InChI is InChI=1S/C33H25F6N5O5S/c1-19-7-9-23(10-8-19)50(47,48)44-28(22-14-40-43(15-22)32(34,35)36)12-25-27(17-42(3)31(46)30(25)44)24-13-29(45)41(2)16-26(24)21-6-4-5-20(11-21)18-49-33(37,38)39/h4-17H,18H2,1-3H3. The summed E-state index contributed by atoms with van der Waals surface area (Å²) < 4.78 is 114. The Morgan fingerprint density at radius 3 is 2.12 bits per heavy atom. The van der Waals surface area contributed by atoms with E-state index in [1.165, 1.54) is 85.7 Å². The molecule has 0 aliphatic heterocycles. The van der Waals surface area contributed by atoms with E-state index in [-0.39, 0.29) is 42.9 Å². The maximum atomic E-state index is 14.3. The number of nitrogens with zero attached hydrogens (tertiary/aromatic N) is 5. The molecule has 17 heteroatoms. The molecule has 6 rings (SSSR count). The molecule has 0 unspecified atom stereocenters. The smallest absolute Gasteiger partial charge is 0.318 e. The fraction of sp³-hybridized carbons (Fsp3) is 0.182. The SMILES string of the molecule is Cc1ccc(S(=O)(=O)n2c(-c3cnn(C(F)(F)F)c3)cc3c(-c4cc(=O)n(C)cc4-c4cccc(COC(F)(F)F)c4)cn(C)c(=O)c32)cc1. The van der Waals surface area contributed by atoms with Crippen LogP contribution in [0.4, 0.5) is 26.3 Å². The highest BCUT2D eigenvalue weighted by molar-refractivity contribution is 7.90. The molecule has 0 amide bonds. The highest BCUT2D eigenvalue weighted by Crippen LogP contribution is 2.39. The van der Waals surface area contributed by atoms with Crippen molar-refractivity contribution in [1.29, 1.82) is 0 Å². The molecule has 0 bridgehead atoms. The lowest BCUT2D eigenvalue weighted by Gasteiger charge is -2.16. The van der Waals surface area contributed by atoms with Gasteiger partial charge in [0.05, 0.1) is 23.4 Å². The summed E-state index contributed by atoms with van der Waals surface area (Å²) in [5.41, 5.74) is -0.588. The summed E-state index contributed by atoms with van der Waals surface area (Å²) in [6, 6.07) is 13.9. The Labute approximate surface area is 279 Å². The Hall–Kier alpha value is -5.42. The van der Waals surface area contributed by atoms with Crippen molar-refractivity contribution in [3.05, 3.63) is 117 Å². The molecular weight excluding hydrogens is 692 g/mol. The van der Waals surface area contributed by atoms with E-state index < -0.39 is 45.9 Å². The van der Waals surface area contributed by atoms with Gasteiger partial charge in [0.25, 0.3) is 21.1 Å². The van der Waals surface area contributed by atoms with E-state index in [0.29, 0.717) is 21.3 Å². The number of aromatic nitrogens is 5. The molecule has 0 aliphatic carbocycles. The van der Waals surface area contributed by atoms with Gasteiger partial charge in [0.1, 0.15) is 5.52 Å². The fourth-order valence-electron chi connectivity index (χ4n) is 5.54. The minimum absolute atomic E-state index is 0.0374. The lowest BCUT2D eigenvalue weighted by molar-refractivity contribution is -0.330. The van der Waals surface area contributed by atoms with Crippen molar-refractivity contribution < 1.29 is 39.5 Å². The topological polar surface area (TPSA) is 110 Å². The summed E-state index contributed by atoms with van der Waals surface area (Å²) in [6.45, 7) is 0.915.